The fraction of sp³-hybridized carbons (Fsp3) is 0.500. The average molecular weight is 238 g/mol. The summed E-state index contributed by atoms with van der Waals surface area (Å²) in [5.41, 5.74) is 1.34. The van der Waals surface area contributed by atoms with E-state index in [-0.39, 0.29) is 0 Å². The van der Waals surface area contributed by atoms with E-state index in [9.17, 15) is 10.0 Å². The number of ether oxygens (including phenoxy) is 2. The van der Waals surface area contributed by atoms with E-state index in [4.69, 9.17) is 9.47 Å². The van der Waals surface area contributed by atoms with Crippen LogP contribution < -0.4 is 14.9 Å². The summed E-state index contributed by atoms with van der Waals surface area (Å²) in [6.45, 7) is 4.15. The molecule has 0 spiro atoms. The van der Waals surface area contributed by atoms with E-state index in [0.29, 0.717) is 22.9 Å². The molecule has 0 atom stereocenters. The molecule has 0 amide bonds. The third-order valence-corrected chi connectivity index (χ3v) is 2.55. The highest BCUT2D eigenvalue weighted by molar-refractivity contribution is 6.59. The van der Waals surface area contributed by atoms with Crippen molar-refractivity contribution >= 4 is 12.6 Å². The van der Waals surface area contributed by atoms with Gasteiger partial charge >= 0.3 is 7.12 Å². The van der Waals surface area contributed by atoms with E-state index in [1.54, 1.807) is 19.2 Å². The molecule has 0 heterocycles. The third kappa shape index (κ3) is 3.38. The summed E-state index contributed by atoms with van der Waals surface area (Å²) in [4.78, 5) is 0. The van der Waals surface area contributed by atoms with Crippen molar-refractivity contribution in [2.24, 2.45) is 5.92 Å². The second-order valence-corrected chi connectivity index (χ2v) is 4.38. The highest BCUT2D eigenvalue weighted by Gasteiger charge is 2.20. The second kappa shape index (κ2) is 5.93. The molecule has 0 saturated heterocycles. The molecule has 1 aromatic rings. The van der Waals surface area contributed by atoms with Gasteiger partial charge in [-0.15, -0.1) is 0 Å². The van der Waals surface area contributed by atoms with Crippen molar-refractivity contribution in [2.45, 2.75) is 20.3 Å². The van der Waals surface area contributed by atoms with E-state index in [2.05, 4.69) is 13.8 Å². The highest BCUT2D eigenvalue weighted by Crippen LogP contribution is 2.27. The van der Waals surface area contributed by atoms with Crippen LogP contribution in [-0.2, 0) is 6.42 Å². The first-order valence-electron chi connectivity index (χ1n) is 5.60. The quantitative estimate of drug-likeness (QED) is 0.737. The lowest BCUT2D eigenvalue weighted by Gasteiger charge is -2.15. The first-order valence-corrected chi connectivity index (χ1v) is 5.60. The molecule has 0 aliphatic carbocycles. The number of hydrogen-bond donors (Lipinski definition) is 2. The molecule has 0 saturated carbocycles. The predicted molar refractivity (Wildman–Crippen MR) is 67.9 cm³/mol. The Morgan fingerprint density at radius 1 is 1.12 bits per heavy atom. The first kappa shape index (κ1) is 13.9. The minimum Gasteiger partial charge on any atom is -0.493 e. The molecule has 1 aromatic carbocycles. The molecule has 0 aromatic heterocycles. The smallest absolute Gasteiger partial charge is 0.488 e. The van der Waals surface area contributed by atoms with Gasteiger partial charge in [0.05, 0.1) is 14.2 Å². The maximum Gasteiger partial charge on any atom is 0.488 e. The topological polar surface area (TPSA) is 58.9 Å². The summed E-state index contributed by atoms with van der Waals surface area (Å²) < 4.78 is 10.3. The Bertz CT molecular complexity index is 377. The molecule has 17 heavy (non-hydrogen) atoms. The van der Waals surface area contributed by atoms with Gasteiger partial charge in [0.25, 0.3) is 0 Å². The van der Waals surface area contributed by atoms with Crippen LogP contribution in [0.25, 0.3) is 0 Å². The van der Waals surface area contributed by atoms with Crippen LogP contribution in [0, 0.1) is 5.92 Å². The summed E-state index contributed by atoms with van der Waals surface area (Å²) in [7, 11) is 1.59. The summed E-state index contributed by atoms with van der Waals surface area (Å²) in [5, 5.41) is 18.7. The van der Waals surface area contributed by atoms with Gasteiger partial charge in [-0.2, -0.15) is 0 Å². The van der Waals surface area contributed by atoms with Crippen LogP contribution in [0.5, 0.6) is 11.5 Å². The Balaban J connectivity index is 3.24. The van der Waals surface area contributed by atoms with Gasteiger partial charge in [0.1, 0.15) is 0 Å². The molecular formula is C12H19BO4. The van der Waals surface area contributed by atoms with Crippen molar-refractivity contribution in [3.63, 3.8) is 0 Å². The largest absolute Gasteiger partial charge is 0.493 e. The Labute approximate surface area is 102 Å². The van der Waals surface area contributed by atoms with Crippen LogP contribution in [0.4, 0.5) is 0 Å². The zero-order valence-electron chi connectivity index (χ0n) is 10.7. The van der Waals surface area contributed by atoms with Crippen molar-refractivity contribution in [3.8, 4) is 11.5 Å². The van der Waals surface area contributed by atoms with Gasteiger partial charge < -0.3 is 19.5 Å². The van der Waals surface area contributed by atoms with Crippen molar-refractivity contribution in [1.82, 2.24) is 0 Å². The molecule has 5 heteroatoms. The SMILES string of the molecule is COc1cc(CC(C)C)c(B(O)O)cc1OC. The molecule has 1 rings (SSSR count). The van der Waals surface area contributed by atoms with Crippen LogP contribution >= 0.6 is 0 Å². The van der Waals surface area contributed by atoms with Crippen molar-refractivity contribution in [1.29, 1.82) is 0 Å². The van der Waals surface area contributed by atoms with Crippen molar-refractivity contribution < 1.29 is 19.5 Å². The lowest BCUT2D eigenvalue weighted by molar-refractivity contribution is 0.354. The van der Waals surface area contributed by atoms with Crippen LogP contribution in [-0.4, -0.2) is 31.4 Å². The number of benzene rings is 1. The van der Waals surface area contributed by atoms with Gasteiger partial charge in [0, 0.05) is 0 Å². The molecule has 0 fully saturated rings. The van der Waals surface area contributed by atoms with Gasteiger partial charge in [-0.3, -0.25) is 0 Å². The molecule has 0 unspecified atom stereocenters. The molecule has 2 N–H and O–H groups in total. The Hall–Kier alpha value is -1.20. The van der Waals surface area contributed by atoms with Gasteiger partial charge in [0.2, 0.25) is 0 Å². The molecule has 0 radical (unpaired) electrons. The van der Waals surface area contributed by atoms with Crippen LogP contribution in [0.15, 0.2) is 12.1 Å². The lowest BCUT2D eigenvalue weighted by atomic mass is 9.75. The van der Waals surface area contributed by atoms with Crippen LogP contribution in [0.3, 0.4) is 0 Å². The Morgan fingerprint density at radius 3 is 2.06 bits per heavy atom. The van der Waals surface area contributed by atoms with Gasteiger partial charge in [-0.1, -0.05) is 13.8 Å². The number of methoxy groups -OCH3 is 2. The van der Waals surface area contributed by atoms with Gasteiger partial charge in [-0.05, 0) is 35.5 Å². The lowest BCUT2D eigenvalue weighted by Crippen LogP contribution is -2.33. The summed E-state index contributed by atoms with van der Waals surface area (Å²) in [6, 6.07) is 3.41. The monoisotopic (exact) mass is 238 g/mol. The molecule has 94 valence electrons. The zero-order chi connectivity index (χ0) is 13.0. The third-order valence-electron chi connectivity index (χ3n) is 2.55. The van der Waals surface area contributed by atoms with Gasteiger partial charge in [-0.25, -0.2) is 0 Å². The van der Waals surface area contributed by atoms with E-state index >= 15 is 0 Å². The van der Waals surface area contributed by atoms with E-state index in [1.807, 2.05) is 0 Å². The average Bonchev–Trinajstić information content (AvgIpc) is 2.27. The first-order chi connectivity index (χ1) is 7.99. The van der Waals surface area contributed by atoms with E-state index in [0.717, 1.165) is 12.0 Å². The van der Waals surface area contributed by atoms with E-state index < -0.39 is 7.12 Å². The molecule has 4 nitrogen and oxygen atoms in total. The van der Waals surface area contributed by atoms with Crippen molar-refractivity contribution in [3.05, 3.63) is 17.7 Å². The van der Waals surface area contributed by atoms with Crippen LogP contribution in [0.2, 0.25) is 0 Å². The van der Waals surface area contributed by atoms with E-state index in [1.165, 1.54) is 7.11 Å². The highest BCUT2D eigenvalue weighted by atomic mass is 16.5. The standard InChI is InChI=1S/C12H19BO4/c1-8(2)5-9-6-11(16-3)12(17-4)7-10(9)13(14)15/h6-8,14-15H,5H2,1-4H3. The minimum atomic E-state index is -1.50. The Morgan fingerprint density at radius 2 is 1.65 bits per heavy atom. The Kier molecular flexibility index (Phi) is 4.84. The fourth-order valence-corrected chi connectivity index (χ4v) is 1.79. The molecule has 0 aliphatic rings. The molecule has 0 bridgehead atoms. The number of rotatable bonds is 5. The second-order valence-electron chi connectivity index (χ2n) is 4.38. The molecular weight excluding hydrogens is 219 g/mol. The van der Waals surface area contributed by atoms with Crippen LogP contribution in [0.1, 0.15) is 19.4 Å². The molecule has 0 aliphatic heterocycles. The summed E-state index contributed by atoms with van der Waals surface area (Å²) in [5.74, 6) is 1.53. The zero-order valence-corrected chi connectivity index (χ0v) is 10.7. The summed E-state index contributed by atoms with van der Waals surface area (Å²) in [6.07, 6.45) is 0.757. The normalized spacial score (nSPS) is 10.5. The van der Waals surface area contributed by atoms with Crippen molar-refractivity contribution in [2.75, 3.05) is 14.2 Å². The fourth-order valence-electron chi connectivity index (χ4n) is 1.79. The van der Waals surface area contributed by atoms with Gasteiger partial charge in [0.15, 0.2) is 11.5 Å². The minimum absolute atomic E-state index is 0.422. The predicted octanol–water partition coefficient (Wildman–Crippen LogP) is 0.582. The summed E-state index contributed by atoms with van der Waals surface area (Å²) >= 11 is 0. The number of hydrogen-bond acceptors (Lipinski definition) is 4. The maximum absolute atomic E-state index is 9.36. The maximum atomic E-state index is 9.36.